The molecule has 0 amide bonds. The van der Waals surface area contributed by atoms with Crippen molar-refractivity contribution in [2.24, 2.45) is 5.92 Å². The first-order chi connectivity index (χ1) is 11.1. The maximum atomic E-state index is 12.1. The van der Waals surface area contributed by atoms with Gasteiger partial charge in [-0.2, -0.15) is 0 Å². The van der Waals surface area contributed by atoms with Gasteiger partial charge in [-0.15, -0.1) is 0 Å². The summed E-state index contributed by atoms with van der Waals surface area (Å²) < 4.78 is 5.26. The van der Waals surface area contributed by atoms with Crippen molar-refractivity contribution < 1.29 is 9.53 Å². The van der Waals surface area contributed by atoms with Crippen LogP contribution in [0.1, 0.15) is 49.9 Å². The van der Waals surface area contributed by atoms with E-state index in [0.717, 1.165) is 12.0 Å². The van der Waals surface area contributed by atoms with Crippen LogP contribution in [-0.4, -0.2) is 15.9 Å². The molecule has 122 valence electrons. The summed E-state index contributed by atoms with van der Waals surface area (Å²) in [6.45, 7) is 1.93. The Morgan fingerprint density at radius 3 is 2.91 bits per heavy atom. The number of aromatic amines is 1. The Morgan fingerprint density at radius 2 is 2.13 bits per heavy atom. The van der Waals surface area contributed by atoms with E-state index < -0.39 is 0 Å². The van der Waals surface area contributed by atoms with Crippen LogP contribution in [0.25, 0.3) is 10.9 Å². The molecule has 1 N–H and O–H groups in total. The number of hydrogen-bond acceptors (Lipinski definition) is 4. The van der Waals surface area contributed by atoms with Crippen molar-refractivity contribution in [3.63, 3.8) is 0 Å². The number of esters is 1. The average molecular weight is 314 g/mol. The standard InChI is InChI=1S/C18H22N2O3/c1-12-5-4-8-14-17(12)19-15(20-18(14)22)11-23-16(21)10-9-13-6-2-3-7-13/h4-5,8,13H,2-3,6-7,9-11H2,1H3,(H,19,20,22). The lowest BCUT2D eigenvalue weighted by Gasteiger charge is -2.09. The van der Waals surface area contributed by atoms with Crippen LogP contribution in [0.2, 0.25) is 0 Å². The summed E-state index contributed by atoms with van der Waals surface area (Å²) in [5.41, 5.74) is 1.39. The third-order valence-electron chi connectivity index (χ3n) is 4.59. The molecule has 0 bridgehead atoms. The molecule has 1 saturated carbocycles. The average Bonchev–Trinajstić information content (AvgIpc) is 3.05. The van der Waals surface area contributed by atoms with Gasteiger partial charge in [0.25, 0.3) is 5.56 Å². The molecule has 3 rings (SSSR count). The smallest absolute Gasteiger partial charge is 0.306 e. The molecule has 0 unspecified atom stereocenters. The molecule has 1 heterocycles. The Labute approximate surface area is 135 Å². The van der Waals surface area contributed by atoms with Gasteiger partial charge in [0.2, 0.25) is 0 Å². The molecule has 0 atom stereocenters. The summed E-state index contributed by atoms with van der Waals surface area (Å²) in [5, 5.41) is 0.557. The number of benzene rings is 1. The molecule has 0 aliphatic heterocycles. The van der Waals surface area contributed by atoms with Crippen molar-refractivity contribution >= 4 is 16.9 Å². The minimum absolute atomic E-state index is 0.0169. The highest BCUT2D eigenvalue weighted by Crippen LogP contribution is 2.28. The molecule has 5 nitrogen and oxygen atoms in total. The molecular weight excluding hydrogens is 292 g/mol. The van der Waals surface area contributed by atoms with Crippen molar-refractivity contribution in [3.05, 3.63) is 39.9 Å². The highest BCUT2D eigenvalue weighted by molar-refractivity contribution is 5.80. The topological polar surface area (TPSA) is 72.1 Å². The number of fused-ring (bicyclic) bond motifs is 1. The van der Waals surface area contributed by atoms with Gasteiger partial charge < -0.3 is 9.72 Å². The quantitative estimate of drug-likeness (QED) is 0.860. The summed E-state index contributed by atoms with van der Waals surface area (Å²) in [6, 6.07) is 5.48. The lowest BCUT2D eigenvalue weighted by molar-refractivity contribution is -0.145. The number of H-pyrrole nitrogens is 1. The maximum absolute atomic E-state index is 12.1. The lowest BCUT2D eigenvalue weighted by atomic mass is 10.0. The first-order valence-electron chi connectivity index (χ1n) is 8.27. The second kappa shape index (κ2) is 6.94. The number of carbonyl (C=O) groups is 1. The summed E-state index contributed by atoms with van der Waals surface area (Å²) in [6.07, 6.45) is 6.36. The van der Waals surface area contributed by atoms with Crippen LogP contribution in [0, 0.1) is 12.8 Å². The largest absolute Gasteiger partial charge is 0.458 e. The fourth-order valence-corrected chi connectivity index (χ4v) is 3.26. The van der Waals surface area contributed by atoms with Gasteiger partial charge in [0.1, 0.15) is 12.4 Å². The van der Waals surface area contributed by atoms with Crippen LogP contribution in [0.5, 0.6) is 0 Å². The van der Waals surface area contributed by atoms with Crippen LogP contribution in [0.15, 0.2) is 23.0 Å². The fourth-order valence-electron chi connectivity index (χ4n) is 3.26. The normalized spacial score (nSPS) is 15.2. The summed E-state index contributed by atoms with van der Waals surface area (Å²) in [4.78, 5) is 31.0. The Balaban J connectivity index is 1.61. The highest BCUT2D eigenvalue weighted by Gasteiger charge is 2.17. The third-order valence-corrected chi connectivity index (χ3v) is 4.59. The molecule has 1 fully saturated rings. The minimum atomic E-state index is -0.218. The van der Waals surface area contributed by atoms with E-state index in [1.54, 1.807) is 6.07 Å². The molecule has 23 heavy (non-hydrogen) atoms. The van der Waals surface area contributed by atoms with E-state index >= 15 is 0 Å². The number of nitrogens with one attached hydrogen (secondary N) is 1. The summed E-state index contributed by atoms with van der Waals surface area (Å²) in [7, 11) is 0. The summed E-state index contributed by atoms with van der Waals surface area (Å²) >= 11 is 0. The molecular formula is C18H22N2O3. The molecule has 1 aliphatic carbocycles. The molecule has 2 aromatic rings. The van der Waals surface area contributed by atoms with Gasteiger partial charge in [-0.3, -0.25) is 9.59 Å². The van der Waals surface area contributed by atoms with Crippen molar-refractivity contribution in [2.75, 3.05) is 0 Å². The number of hydrogen-bond donors (Lipinski definition) is 1. The van der Waals surface area contributed by atoms with E-state index in [9.17, 15) is 9.59 Å². The third kappa shape index (κ3) is 3.78. The SMILES string of the molecule is Cc1cccc2c(=O)[nH]c(COC(=O)CCC3CCCC3)nc12. The van der Waals surface area contributed by atoms with E-state index in [1.807, 2.05) is 19.1 Å². The van der Waals surface area contributed by atoms with Gasteiger partial charge >= 0.3 is 5.97 Å². The molecule has 0 spiro atoms. The molecule has 1 aliphatic rings. The van der Waals surface area contributed by atoms with Crippen molar-refractivity contribution in [2.45, 2.75) is 52.1 Å². The van der Waals surface area contributed by atoms with Gasteiger partial charge in [0.05, 0.1) is 10.9 Å². The lowest BCUT2D eigenvalue weighted by Crippen LogP contribution is -2.15. The van der Waals surface area contributed by atoms with Crippen LogP contribution in [0.3, 0.4) is 0 Å². The van der Waals surface area contributed by atoms with Crippen molar-refractivity contribution in [3.8, 4) is 0 Å². The summed E-state index contributed by atoms with van der Waals surface area (Å²) in [5.74, 6) is 0.847. The first kappa shape index (κ1) is 15.7. The van der Waals surface area contributed by atoms with E-state index in [4.69, 9.17) is 4.74 Å². The minimum Gasteiger partial charge on any atom is -0.458 e. The maximum Gasteiger partial charge on any atom is 0.306 e. The van der Waals surface area contributed by atoms with Gasteiger partial charge in [-0.25, -0.2) is 4.98 Å². The van der Waals surface area contributed by atoms with Gasteiger partial charge in [0, 0.05) is 6.42 Å². The van der Waals surface area contributed by atoms with Gasteiger partial charge in [-0.05, 0) is 30.9 Å². The molecule has 0 radical (unpaired) electrons. The Morgan fingerprint density at radius 1 is 1.35 bits per heavy atom. The number of aromatic nitrogens is 2. The second-order valence-electron chi connectivity index (χ2n) is 6.33. The first-order valence-corrected chi connectivity index (χ1v) is 8.27. The zero-order valence-electron chi connectivity index (χ0n) is 13.4. The number of ether oxygens (including phenoxy) is 1. The van der Waals surface area contributed by atoms with E-state index in [-0.39, 0.29) is 18.1 Å². The zero-order valence-corrected chi connectivity index (χ0v) is 13.4. The zero-order chi connectivity index (χ0) is 16.2. The molecule has 5 heteroatoms. The van der Waals surface area contributed by atoms with Gasteiger partial charge in [0.15, 0.2) is 0 Å². The monoisotopic (exact) mass is 314 g/mol. The van der Waals surface area contributed by atoms with Crippen LogP contribution >= 0.6 is 0 Å². The Kier molecular flexibility index (Phi) is 4.74. The Hall–Kier alpha value is -2.17. The molecule has 1 aromatic carbocycles. The number of rotatable bonds is 5. The number of nitrogens with zero attached hydrogens (tertiary/aromatic N) is 1. The van der Waals surface area contributed by atoms with Crippen LogP contribution in [-0.2, 0) is 16.1 Å². The highest BCUT2D eigenvalue weighted by atomic mass is 16.5. The second-order valence-corrected chi connectivity index (χ2v) is 6.33. The number of para-hydroxylation sites is 1. The van der Waals surface area contributed by atoms with Crippen LogP contribution in [0.4, 0.5) is 0 Å². The Bertz CT molecular complexity index is 760. The van der Waals surface area contributed by atoms with Crippen LogP contribution < -0.4 is 5.56 Å². The van der Waals surface area contributed by atoms with Gasteiger partial charge in [-0.1, -0.05) is 37.8 Å². The van der Waals surface area contributed by atoms with Crippen molar-refractivity contribution in [1.82, 2.24) is 9.97 Å². The van der Waals surface area contributed by atoms with E-state index in [2.05, 4.69) is 9.97 Å². The predicted octanol–water partition coefficient (Wildman–Crippen LogP) is 3.25. The number of aryl methyl sites for hydroxylation is 1. The predicted molar refractivity (Wildman–Crippen MR) is 88.1 cm³/mol. The van der Waals surface area contributed by atoms with E-state index in [0.29, 0.717) is 29.1 Å². The molecule has 0 saturated heterocycles. The number of carbonyl (C=O) groups excluding carboxylic acids is 1. The fraction of sp³-hybridized carbons (Fsp3) is 0.500. The van der Waals surface area contributed by atoms with Crippen molar-refractivity contribution in [1.29, 1.82) is 0 Å². The van der Waals surface area contributed by atoms with E-state index in [1.165, 1.54) is 25.7 Å². The molecule has 1 aromatic heterocycles.